The highest BCUT2D eigenvalue weighted by Crippen LogP contribution is 2.54. The molecule has 0 spiro atoms. The number of fused-ring (bicyclic) bond motifs is 2. The van der Waals surface area contributed by atoms with Crippen LogP contribution < -0.4 is 19.7 Å². The lowest BCUT2D eigenvalue weighted by Gasteiger charge is -2.38. The molecular formula is C39H40ClF3N6O6S. The Bertz CT molecular complexity index is 2320. The van der Waals surface area contributed by atoms with Gasteiger partial charge in [-0.1, -0.05) is 17.7 Å². The second-order valence-corrected chi connectivity index (χ2v) is 17.8. The van der Waals surface area contributed by atoms with Crippen LogP contribution in [-0.4, -0.2) is 101 Å². The van der Waals surface area contributed by atoms with Crippen LogP contribution in [0.3, 0.4) is 0 Å². The van der Waals surface area contributed by atoms with E-state index in [0.717, 1.165) is 36.8 Å². The number of amides is 1. The second kappa shape index (κ2) is 13.5. The first kappa shape index (κ1) is 37.4. The van der Waals surface area contributed by atoms with Crippen LogP contribution in [0.25, 0.3) is 32.1 Å². The predicted octanol–water partition coefficient (Wildman–Crippen LogP) is 7.50. The third kappa shape index (κ3) is 6.17. The third-order valence-corrected chi connectivity index (χ3v) is 13.1. The predicted molar refractivity (Wildman–Crippen MR) is 204 cm³/mol. The van der Waals surface area contributed by atoms with Gasteiger partial charge in [0.15, 0.2) is 11.6 Å². The van der Waals surface area contributed by atoms with Crippen LogP contribution >= 0.6 is 22.9 Å². The molecule has 2 aromatic carbocycles. The molecule has 12 nitrogen and oxygen atoms in total. The van der Waals surface area contributed by atoms with Crippen LogP contribution in [-0.2, 0) is 9.47 Å². The molecule has 4 fully saturated rings. The monoisotopic (exact) mass is 812 g/mol. The van der Waals surface area contributed by atoms with Crippen molar-refractivity contribution in [3.05, 3.63) is 34.4 Å². The van der Waals surface area contributed by atoms with Crippen molar-refractivity contribution in [2.45, 2.75) is 94.3 Å². The first-order valence-electron chi connectivity index (χ1n) is 18.8. The average Bonchev–Trinajstić information content (AvgIpc) is 3.47. The average molecular weight is 813 g/mol. The van der Waals surface area contributed by atoms with Gasteiger partial charge in [0.2, 0.25) is 0 Å². The standard InChI is InChI=1S/C39H40ClF3N6O6S/c1-37(2,3)55-36(50)47-34-22(14-44)25-21(5-6-23(42)32(25)56-34)26-28(40)31-27-30(29(26)43)45-35(54-18-38-8-4-11-48(38)15-19(41)13-38)46-33(27)49(20-7-12-52-16-20)24(17-53-31)39(51)9-10-39/h5-6,19-20,24,51H,4,7-13,15-18H2,1-3H3,(H,47,50)/t19-,20?,24-,38+/m1/s1. The van der Waals surface area contributed by atoms with Gasteiger partial charge in [-0.25, -0.2) is 18.0 Å². The van der Waals surface area contributed by atoms with E-state index in [1.54, 1.807) is 20.8 Å². The van der Waals surface area contributed by atoms with Crippen molar-refractivity contribution in [1.82, 2.24) is 14.9 Å². The Morgan fingerprint density at radius 3 is 2.73 bits per heavy atom. The molecule has 0 radical (unpaired) electrons. The molecule has 6 heterocycles. The number of anilines is 2. The van der Waals surface area contributed by atoms with Crippen LogP contribution in [0.1, 0.15) is 64.9 Å². The lowest BCUT2D eigenvalue weighted by Crippen LogP contribution is -2.53. The SMILES string of the molecule is CC(C)(C)OC(=O)Nc1sc2c(F)ccc(-c3c(Cl)c4c5c(nc(OC[C@@]67CCCN6C[C@H](F)C7)nc5c3F)N(C3CCOC3)[C@@H](C3(O)CC3)CO4)c2c1C#N. The summed E-state index contributed by atoms with van der Waals surface area (Å²) < 4.78 is 71.9. The summed E-state index contributed by atoms with van der Waals surface area (Å²) in [5, 5.41) is 24.6. The number of carbonyl (C=O) groups excluding carboxylic acids is 1. The van der Waals surface area contributed by atoms with E-state index >= 15 is 8.78 Å². The molecule has 9 rings (SSSR count). The number of nitriles is 1. The van der Waals surface area contributed by atoms with E-state index in [-0.39, 0.29) is 84.5 Å². The summed E-state index contributed by atoms with van der Waals surface area (Å²) in [6.07, 6.45) is 1.70. The van der Waals surface area contributed by atoms with E-state index in [1.165, 1.54) is 6.07 Å². The fourth-order valence-corrected chi connectivity index (χ4v) is 10.3. The summed E-state index contributed by atoms with van der Waals surface area (Å²) in [5.41, 5.74) is -3.02. The molecule has 2 N–H and O–H groups in total. The fraction of sp³-hybridized carbons (Fsp3) is 0.538. The Hall–Kier alpha value is -4.14. The number of alkyl halides is 1. The minimum atomic E-state index is -1.13. The zero-order valence-electron chi connectivity index (χ0n) is 31.0. The summed E-state index contributed by atoms with van der Waals surface area (Å²) in [7, 11) is 0. The van der Waals surface area contributed by atoms with E-state index < -0.39 is 46.7 Å². The number of hydrogen-bond acceptors (Lipinski definition) is 12. The molecule has 4 aliphatic heterocycles. The van der Waals surface area contributed by atoms with Crippen molar-refractivity contribution in [2.24, 2.45) is 0 Å². The van der Waals surface area contributed by atoms with Crippen molar-refractivity contribution >= 4 is 60.8 Å². The molecule has 5 aliphatic rings. The van der Waals surface area contributed by atoms with Gasteiger partial charge in [0.05, 0.1) is 50.5 Å². The second-order valence-electron chi connectivity index (χ2n) is 16.4. The largest absolute Gasteiger partial charge is 0.489 e. The molecule has 4 atom stereocenters. The summed E-state index contributed by atoms with van der Waals surface area (Å²) in [4.78, 5) is 26.3. The number of carbonyl (C=O) groups is 1. The summed E-state index contributed by atoms with van der Waals surface area (Å²) in [6, 6.07) is 3.48. The van der Waals surface area contributed by atoms with E-state index in [1.807, 2.05) is 4.90 Å². The van der Waals surface area contributed by atoms with Crippen LogP contribution in [0.4, 0.5) is 28.8 Å². The number of aliphatic hydroxyl groups is 1. The number of rotatable bonds is 7. The molecule has 296 valence electrons. The van der Waals surface area contributed by atoms with Gasteiger partial charge in [-0.05, 0) is 71.0 Å². The topological polar surface area (TPSA) is 142 Å². The molecule has 1 unspecified atom stereocenters. The molecule has 17 heteroatoms. The van der Waals surface area contributed by atoms with Gasteiger partial charge in [0.25, 0.3) is 0 Å². The molecule has 0 bridgehead atoms. The molecule has 1 amide bonds. The zero-order valence-corrected chi connectivity index (χ0v) is 32.6. The third-order valence-electron chi connectivity index (χ3n) is 11.6. The number of benzene rings is 2. The highest BCUT2D eigenvalue weighted by Gasteiger charge is 2.54. The number of nitrogens with zero attached hydrogens (tertiary/aromatic N) is 5. The number of aromatic nitrogens is 2. The van der Waals surface area contributed by atoms with Gasteiger partial charge >= 0.3 is 12.1 Å². The summed E-state index contributed by atoms with van der Waals surface area (Å²) in [5.74, 6) is -1.31. The van der Waals surface area contributed by atoms with Crippen LogP contribution in [0, 0.1) is 23.0 Å². The van der Waals surface area contributed by atoms with Gasteiger partial charge in [0, 0.05) is 30.5 Å². The number of thiophene rings is 1. The molecule has 1 aliphatic carbocycles. The van der Waals surface area contributed by atoms with Gasteiger partial charge in [-0.2, -0.15) is 15.2 Å². The van der Waals surface area contributed by atoms with E-state index in [0.29, 0.717) is 45.4 Å². The highest BCUT2D eigenvalue weighted by molar-refractivity contribution is 7.23. The number of hydrogen-bond donors (Lipinski definition) is 2. The normalized spacial score (nSPS) is 25.6. The Morgan fingerprint density at radius 2 is 2.02 bits per heavy atom. The van der Waals surface area contributed by atoms with Crippen LogP contribution in [0.5, 0.6) is 11.8 Å². The van der Waals surface area contributed by atoms with E-state index in [2.05, 4.69) is 21.3 Å². The van der Waals surface area contributed by atoms with Crippen molar-refractivity contribution in [3.63, 3.8) is 0 Å². The van der Waals surface area contributed by atoms with E-state index in [9.17, 15) is 19.6 Å². The minimum absolute atomic E-state index is 0.00723. The fourth-order valence-electron chi connectivity index (χ4n) is 8.91. The lowest BCUT2D eigenvalue weighted by atomic mass is 9.95. The van der Waals surface area contributed by atoms with Crippen molar-refractivity contribution in [2.75, 3.05) is 49.7 Å². The Morgan fingerprint density at radius 1 is 1.21 bits per heavy atom. The van der Waals surface area contributed by atoms with Gasteiger partial charge in [-0.15, -0.1) is 11.3 Å². The maximum absolute atomic E-state index is 17.7. The van der Waals surface area contributed by atoms with Gasteiger partial charge in [-0.3, -0.25) is 10.2 Å². The quantitative estimate of drug-likeness (QED) is 0.192. The zero-order chi connectivity index (χ0) is 39.3. The maximum atomic E-state index is 17.7. The number of ether oxygens (including phenoxy) is 4. The molecule has 4 aromatic rings. The van der Waals surface area contributed by atoms with Crippen LogP contribution in [0.15, 0.2) is 12.1 Å². The number of nitrogens with one attached hydrogen (secondary N) is 1. The van der Waals surface area contributed by atoms with Crippen molar-refractivity contribution < 1.29 is 42.0 Å². The minimum Gasteiger partial charge on any atom is -0.489 e. The summed E-state index contributed by atoms with van der Waals surface area (Å²) >= 11 is 7.99. The molecule has 3 saturated heterocycles. The smallest absolute Gasteiger partial charge is 0.412 e. The van der Waals surface area contributed by atoms with Gasteiger partial charge < -0.3 is 29.0 Å². The molecule has 56 heavy (non-hydrogen) atoms. The Kier molecular flexibility index (Phi) is 9.01. The van der Waals surface area contributed by atoms with E-state index in [4.69, 9.17) is 35.5 Å². The lowest BCUT2D eigenvalue weighted by molar-refractivity contribution is 0.0636. The Labute approximate surface area is 329 Å². The highest BCUT2D eigenvalue weighted by atomic mass is 35.5. The Balaban J connectivity index is 1.24. The van der Waals surface area contributed by atoms with Crippen molar-refractivity contribution in [3.8, 4) is 29.0 Å². The molecule has 1 saturated carbocycles. The first-order chi connectivity index (χ1) is 26.7. The summed E-state index contributed by atoms with van der Waals surface area (Å²) in [6.45, 7) is 6.94. The molecule has 2 aromatic heterocycles. The van der Waals surface area contributed by atoms with Crippen molar-refractivity contribution in [1.29, 1.82) is 5.26 Å². The van der Waals surface area contributed by atoms with Crippen LogP contribution in [0.2, 0.25) is 5.02 Å². The first-order valence-corrected chi connectivity index (χ1v) is 20.0. The maximum Gasteiger partial charge on any atom is 0.412 e. The number of halogens is 4. The molecular weight excluding hydrogens is 773 g/mol. The van der Waals surface area contributed by atoms with Gasteiger partial charge in [0.1, 0.15) is 53.2 Å².